The molecule has 0 aliphatic carbocycles. The molecule has 4 N–H and O–H groups in total. The number of benzene rings is 2. The lowest BCUT2D eigenvalue weighted by Crippen LogP contribution is -2.35. The van der Waals surface area contributed by atoms with E-state index in [0.29, 0.717) is 10.8 Å². The van der Waals surface area contributed by atoms with Crippen molar-refractivity contribution in [3.63, 3.8) is 0 Å². The Hall–Kier alpha value is -1.88. The molecule has 0 spiro atoms. The Morgan fingerprint density at radius 2 is 1.05 bits per heavy atom. The summed E-state index contributed by atoms with van der Waals surface area (Å²) in [5.74, 6) is 0. The summed E-state index contributed by atoms with van der Waals surface area (Å²) in [6.07, 6.45) is 7.87. The Bertz CT molecular complexity index is 788. The largest absolute Gasteiger partial charge is 0.384 e. The van der Waals surface area contributed by atoms with Gasteiger partial charge >= 0.3 is 0 Å². The molecule has 4 aliphatic heterocycles. The van der Waals surface area contributed by atoms with E-state index in [9.17, 15) is 0 Å². The SMILES string of the molecule is C.C.C.CC1(C)CCCNC1.CC1(C)CCCNC1.c1ccc2c(c1)CCN2.c1ccc2c(c1)CCNC2. The van der Waals surface area contributed by atoms with Crippen LogP contribution in [0.15, 0.2) is 48.5 Å². The molecule has 38 heavy (non-hydrogen) atoms. The molecule has 2 aromatic rings. The Kier molecular flexibility index (Phi) is 17.5. The van der Waals surface area contributed by atoms with Gasteiger partial charge in [-0.1, -0.05) is 92.4 Å². The van der Waals surface area contributed by atoms with E-state index < -0.39 is 0 Å². The summed E-state index contributed by atoms with van der Waals surface area (Å²) < 4.78 is 0. The van der Waals surface area contributed by atoms with Crippen molar-refractivity contribution in [3.8, 4) is 0 Å². The summed E-state index contributed by atoms with van der Waals surface area (Å²) in [6.45, 7) is 17.4. The van der Waals surface area contributed by atoms with Crippen molar-refractivity contribution in [1.29, 1.82) is 0 Å². The zero-order chi connectivity index (χ0) is 25.0. The maximum atomic E-state index is 3.38. The number of piperidine rings is 2. The first-order valence-corrected chi connectivity index (χ1v) is 13.9. The number of nitrogens with one attached hydrogen (secondary N) is 4. The highest BCUT2D eigenvalue weighted by Gasteiger charge is 2.20. The van der Waals surface area contributed by atoms with Crippen LogP contribution in [0.2, 0.25) is 0 Å². The van der Waals surface area contributed by atoms with E-state index in [4.69, 9.17) is 0 Å². The number of fused-ring (bicyclic) bond motifs is 2. The summed E-state index contributed by atoms with van der Waals surface area (Å²) in [7, 11) is 0. The van der Waals surface area contributed by atoms with E-state index in [-0.39, 0.29) is 22.3 Å². The molecule has 0 bridgehead atoms. The standard InChI is InChI=1S/C9H11N.C8H9N.2C7H15N.3CH4/c1-2-4-9-7-10-6-5-8(9)3-1;1-2-4-8-7(3-1)5-6-9-8;2*1-7(2)4-3-5-8-6-7;;;/h1-4,10H,5-7H2;1-4,9H,5-6H2;2*8H,3-6H2,1-2H3;3*1H4. The van der Waals surface area contributed by atoms with Gasteiger partial charge < -0.3 is 21.3 Å². The second-order valence-corrected chi connectivity index (χ2v) is 11.9. The Balaban J connectivity index is 0.000000470. The van der Waals surface area contributed by atoms with Crippen molar-refractivity contribution < 1.29 is 0 Å². The second kappa shape index (κ2) is 18.4. The fourth-order valence-electron chi connectivity index (χ4n) is 5.08. The normalized spacial score (nSPS) is 19.5. The van der Waals surface area contributed by atoms with Crippen LogP contribution in [0.1, 0.15) is 92.3 Å². The summed E-state index contributed by atoms with van der Waals surface area (Å²) in [5, 5.41) is 13.4. The van der Waals surface area contributed by atoms with E-state index in [1.807, 2.05) is 0 Å². The molecule has 6 rings (SSSR count). The van der Waals surface area contributed by atoms with Crippen LogP contribution >= 0.6 is 0 Å². The third-order valence-electron chi connectivity index (χ3n) is 7.35. The molecule has 4 aliphatic rings. The molecule has 0 unspecified atom stereocenters. The minimum absolute atomic E-state index is 0. The molecule has 0 atom stereocenters. The van der Waals surface area contributed by atoms with Crippen molar-refractivity contribution in [2.75, 3.05) is 44.6 Å². The van der Waals surface area contributed by atoms with Crippen molar-refractivity contribution in [1.82, 2.24) is 16.0 Å². The predicted octanol–water partition coefficient (Wildman–Crippen LogP) is 7.69. The first-order chi connectivity index (χ1) is 16.8. The minimum atomic E-state index is 0. The van der Waals surface area contributed by atoms with Gasteiger partial charge in [0.15, 0.2) is 0 Å². The molecule has 0 saturated carbocycles. The Morgan fingerprint density at radius 3 is 1.50 bits per heavy atom. The van der Waals surface area contributed by atoms with Crippen LogP contribution in [0.25, 0.3) is 0 Å². The van der Waals surface area contributed by atoms with Crippen LogP contribution in [0, 0.1) is 10.8 Å². The lowest BCUT2D eigenvalue weighted by atomic mass is 9.85. The molecule has 0 amide bonds. The second-order valence-electron chi connectivity index (χ2n) is 11.9. The van der Waals surface area contributed by atoms with E-state index in [1.54, 1.807) is 0 Å². The van der Waals surface area contributed by atoms with Gasteiger partial charge in [0.05, 0.1) is 0 Å². The van der Waals surface area contributed by atoms with Crippen LogP contribution in [0.5, 0.6) is 0 Å². The van der Waals surface area contributed by atoms with Gasteiger partial charge in [-0.15, -0.1) is 0 Å². The number of anilines is 1. The van der Waals surface area contributed by atoms with Gasteiger partial charge in [0, 0.05) is 31.9 Å². The summed E-state index contributed by atoms with van der Waals surface area (Å²) in [4.78, 5) is 0. The number of para-hydroxylation sites is 1. The van der Waals surface area contributed by atoms with Gasteiger partial charge in [-0.2, -0.15) is 0 Å². The topological polar surface area (TPSA) is 48.1 Å². The van der Waals surface area contributed by atoms with Crippen molar-refractivity contribution in [2.45, 2.75) is 95.0 Å². The third kappa shape index (κ3) is 13.3. The summed E-state index contributed by atoms with van der Waals surface area (Å²) >= 11 is 0. The first kappa shape index (κ1) is 36.1. The number of hydrogen-bond acceptors (Lipinski definition) is 4. The highest BCUT2D eigenvalue weighted by atomic mass is 14.9. The Morgan fingerprint density at radius 1 is 0.553 bits per heavy atom. The molecule has 0 aromatic heterocycles. The van der Waals surface area contributed by atoms with E-state index >= 15 is 0 Å². The quantitative estimate of drug-likeness (QED) is 0.284. The highest BCUT2D eigenvalue weighted by molar-refractivity contribution is 5.54. The van der Waals surface area contributed by atoms with Gasteiger partial charge in [-0.3, -0.25) is 0 Å². The molecule has 4 heteroatoms. The molecule has 218 valence electrons. The van der Waals surface area contributed by atoms with Gasteiger partial charge in [-0.25, -0.2) is 0 Å². The molecule has 4 nitrogen and oxygen atoms in total. The third-order valence-corrected chi connectivity index (χ3v) is 7.35. The molecule has 2 aromatic carbocycles. The number of hydrogen-bond donors (Lipinski definition) is 4. The highest BCUT2D eigenvalue weighted by Crippen LogP contribution is 2.24. The average molecular weight is 527 g/mol. The van der Waals surface area contributed by atoms with E-state index in [1.165, 1.54) is 87.1 Å². The predicted molar refractivity (Wildman–Crippen MR) is 172 cm³/mol. The lowest BCUT2D eigenvalue weighted by molar-refractivity contribution is 0.265. The van der Waals surface area contributed by atoms with E-state index in [0.717, 1.165) is 19.6 Å². The molecular weight excluding hydrogens is 464 g/mol. The maximum absolute atomic E-state index is 3.38. The summed E-state index contributed by atoms with van der Waals surface area (Å²) in [5.41, 5.74) is 6.89. The smallest absolute Gasteiger partial charge is 0.0373 e. The van der Waals surface area contributed by atoms with Crippen molar-refractivity contribution in [2.24, 2.45) is 10.8 Å². The fraction of sp³-hybridized carbons (Fsp3) is 0.647. The Labute approximate surface area is 237 Å². The van der Waals surface area contributed by atoms with Crippen LogP contribution in [0.4, 0.5) is 5.69 Å². The van der Waals surface area contributed by atoms with Crippen LogP contribution < -0.4 is 21.3 Å². The average Bonchev–Trinajstić information content (AvgIpc) is 3.34. The van der Waals surface area contributed by atoms with Crippen molar-refractivity contribution >= 4 is 5.69 Å². The molecule has 2 fully saturated rings. The van der Waals surface area contributed by atoms with Gasteiger partial charge in [0.1, 0.15) is 0 Å². The molecule has 2 saturated heterocycles. The zero-order valence-electron chi connectivity index (χ0n) is 22.8. The van der Waals surface area contributed by atoms with Crippen LogP contribution in [0.3, 0.4) is 0 Å². The lowest BCUT2D eigenvalue weighted by Gasteiger charge is -2.29. The molecule has 0 radical (unpaired) electrons. The maximum Gasteiger partial charge on any atom is 0.0373 e. The zero-order valence-corrected chi connectivity index (χ0v) is 22.8. The van der Waals surface area contributed by atoms with Gasteiger partial charge in [0.25, 0.3) is 0 Å². The van der Waals surface area contributed by atoms with E-state index in [2.05, 4.69) is 97.5 Å². The van der Waals surface area contributed by atoms with Gasteiger partial charge in [-0.05, 0) is 91.7 Å². The first-order valence-electron chi connectivity index (χ1n) is 13.9. The summed E-state index contributed by atoms with van der Waals surface area (Å²) in [6, 6.07) is 17.1. The molecular formula is C34H62N4. The van der Waals surface area contributed by atoms with Gasteiger partial charge in [0.2, 0.25) is 0 Å². The minimum Gasteiger partial charge on any atom is -0.384 e. The monoisotopic (exact) mass is 526 g/mol. The van der Waals surface area contributed by atoms with Crippen LogP contribution in [-0.4, -0.2) is 39.3 Å². The molecule has 4 heterocycles. The number of rotatable bonds is 0. The fourth-order valence-corrected chi connectivity index (χ4v) is 5.08. The van der Waals surface area contributed by atoms with Crippen LogP contribution in [-0.2, 0) is 19.4 Å². The van der Waals surface area contributed by atoms with Crippen molar-refractivity contribution in [3.05, 3.63) is 65.2 Å².